The number of nitrogens with one attached hydrogen (secondary N) is 1. The highest BCUT2D eigenvalue weighted by molar-refractivity contribution is 5.85. The molecule has 1 fully saturated rings. The zero-order valence-electron chi connectivity index (χ0n) is 16.7. The summed E-state index contributed by atoms with van der Waals surface area (Å²) < 4.78 is 5.42. The average Bonchev–Trinajstić information content (AvgIpc) is 3.35. The minimum atomic E-state index is -0.893. The largest absolute Gasteiger partial charge is 0.494 e. The second-order valence-electron chi connectivity index (χ2n) is 8.13. The van der Waals surface area contributed by atoms with E-state index in [2.05, 4.69) is 17.4 Å². The van der Waals surface area contributed by atoms with Crippen molar-refractivity contribution in [2.24, 2.45) is 11.8 Å². The van der Waals surface area contributed by atoms with Crippen molar-refractivity contribution in [2.45, 2.75) is 38.0 Å². The van der Waals surface area contributed by atoms with Crippen LogP contribution in [0.3, 0.4) is 0 Å². The Kier molecular flexibility index (Phi) is 5.31. The topological polar surface area (TPSA) is 75.6 Å². The fourth-order valence-corrected chi connectivity index (χ4v) is 4.71. The predicted molar refractivity (Wildman–Crippen MR) is 110 cm³/mol. The molecule has 0 radical (unpaired) electrons. The summed E-state index contributed by atoms with van der Waals surface area (Å²) in [6.07, 6.45) is 3.28. The van der Waals surface area contributed by atoms with E-state index < -0.39 is 11.9 Å². The first kappa shape index (κ1) is 19.5. The summed E-state index contributed by atoms with van der Waals surface area (Å²) in [6, 6.07) is 15.8. The van der Waals surface area contributed by atoms with Gasteiger partial charge in [0.15, 0.2) is 0 Å². The first-order valence-corrected chi connectivity index (χ1v) is 10.3. The Labute approximate surface area is 171 Å². The molecule has 0 aliphatic heterocycles. The van der Waals surface area contributed by atoms with E-state index in [0.717, 1.165) is 30.6 Å². The number of carbonyl (C=O) groups excluding carboxylic acids is 1. The van der Waals surface area contributed by atoms with Gasteiger partial charge in [-0.25, -0.2) is 0 Å². The lowest BCUT2D eigenvalue weighted by Gasteiger charge is -2.15. The highest BCUT2D eigenvalue weighted by Crippen LogP contribution is 2.61. The molecule has 5 heteroatoms. The minimum absolute atomic E-state index is 0.0142. The quantitative estimate of drug-likeness (QED) is 0.721. The summed E-state index contributed by atoms with van der Waals surface area (Å²) in [7, 11) is 0. The lowest BCUT2D eigenvalue weighted by atomic mass is 9.95. The number of carboxylic acids is 1. The van der Waals surface area contributed by atoms with Crippen LogP contribution in [0.5, 0.6) is 5.75 Å². The number of benzene rings is 2. The zero-order chi connectivity index (χ0) is 20.4. The normalized spacial score (nSPS) is 22.7. The van der Waals surface area contributed by atoms with Gasteiger partial charge in [0.25, 0.3) is 0 Å². The highest BCUT2D eigenvalue weighted by Gasteiger charge is 2.61. The van der Waals surface area contributed by atoms with Gasteiger partial charge >= 0.3 is 5.97 Å². The molecule has 2 aromatic carbocycles. The summed E-state index contributed by atoms with van der Waals surface area (Å²) in [6.45, 7) is 2.66. The van der Waals surface area contributed by atoms with Crippen LogP contribution in [0.4, 0.5) is 0 Å². The van der Waals surface area contributed by atoms with E-state index >= 15 is 0 Å². The van der Waals surface area contributed by atoms with E-state index in [0.29, 0.717) is 13.0 Å². The van der Waals surface area contributed by atoms with Crippen molar-refractivity contribution in [3.8, 4) is 5.75 Å². The molecule has 1 spiro atoms. The van der Waals surface area contributed by atoms with Gasteiger partial charge in [0.2, 0.25) is 5.91 Å². The molecule has 0 bridgehead atoms. The first-order chi connectivity index (χ1) is 14.0. The maximum absolute atomic E-state index is 12.8. The van der Waals surface area contributed by atoms with Gasteiger partial charge < -0.3 is 15.2 Å². The average molecular weight is 393 g/mol. The van der Waals surface area contributed by atoms with E-state index in [9.17, 15) is 14.7 Å². The Bertz CT molecular complexity index is 907. The Morgan fingerprint density at radius 3 is 2.69 bits per heavy atom. The third-order valence-corrected chi connectivity index (χ3v) is 6.37. The van der Waals surface area contributed by atoms with Crippen LogP contribution in [-0.4, -0.2) is 30.1 Å². The Morgan fingerprint density at radius 1 is 1.21 bits per heavy atom. The minimum Gasteiger partial charge on any atom is -0.494 e. The lowest BCUT2D eigenvalue weighted by Crippen LogP contribution is -2.36. The third kappa shape index (κ3) is 3.86. The number of carbonyl (C=O) groups is 2. The van der Waals surface area contributed by atoms with Gasteiger partial charge in [-0.3, -0.25) is 9.59 Å². The fraction of sp³-hybridized carbons (Fsp3) is 0.417. The molecule has 2 aliphatic carbocycles. The number of aryl methyl sites for hydroxylation is 1. The summed E-state index contributed by atoms with van der Waals surface area (Å²) in [5.74, 6) is -0.823. The van der Waals surface area contributed by atoms with Crippen LogP contribution in [0.2, 0.25) is 0 Å². The van der Waals surface area contributed by atoms with Crippen molar-refractivity contribution >= 4 is 11.9 Å². The SMILES string of the molecule is CCOc1ccc(CC(CNC(=O)C2CC23CCc2ccccc23)C(=O)O)cc1. The van der Waals surface area contributed by atoms with Gasteiger partial charge in [0, 0.05) is 17.9 Å². The molecule has 4 rings (SSSR count). The molecule has 2 aromatic rings. The number of rotatable bonds is 8. The van der Waals surface area contributed by atoms with E-state index in [-0.39, 0.29) is 23.8 Å². The van der Waals surface area contributed by atoms with Crippen molar-refractivity contribution in [3.05, 3.63) is 65.2 Å². The molecule has 1 saturated carbocycles. The molecule has 3 unspecified atom stereocenters. The maximum atomic E-state index is 12.8. The van der Waals surface area contributed by atoms with Crippen LogP contribution in [0.25, 0.3) is 0 Å². The number of amides is 1. The highest BCUT2D eigenvalue weighted by atomic mass is 16.5. The Morgan fingerprint density at radius 2 is 1.97 bits per heavy atom. The molecule has 1 amide bonds. The second-order valence-corrected chi connectivity index (χ2v) is 8.13. The number of fused-ring (bicyclic) bond motifs is 2. The lowest BCUT2D eigenvalue weighted by molar-refractivity contribution is -0.141. The van der Waals surface area contributed by atoms with Gasteiger partial charge in [0.05, 0.1) is 12.5 Å². The molecule has 152 valence electrons. The van der Waals surface area contributed by atoms with Crippen molar-refractivity contribution in [3.63, 3.8) is 0 Å². The Hall–Kier alpha value is -2.82. The number of hydrogen-bond donors (Lipinski definition) is 2. The molecule has 0 saturated heterocycles. The van der Waals surface area contributed by atoms with E-state index in [4.69, 9.17) is 4.74 Å². The van der Waals surface area contributed by atoms with Gasteiger partial charge in [-0.2, -0.15) is 0 Å². The van der Waals surface area contributed by atoms with Crippen LogP contribution in [0, 0.1) is 11.8 Å². The second kappa shape index (κ2) is 7.90. The number of hydrogen-bond acceptors (Lipinski definition) is 3. The van der Waals surface area contributed by atoms with Gasteiger partial charge in [0.1, 0.15) is 5.75 Å². The number of carboxylic acid groups (broad SMARTS) is 1. The van der Waals surface area contributed by atoms with Crippen LogP contribution >= 0.6 is 0 Å². The summed E-state index contributed by atoms with van der Waals surface area (Å²) in [5, 5.41) is 12.5. The molecule has 0 heterocycles. The van der Waals surface area contributed by atoms with Crippen LogP contribution in [-0.2, 0) is 27.8 Å². The van der Waals surface area contributed by atoms with Crippen LogP contribution in [0.1, 0.15) is 36.5 Å². The zero-order valence-corrected chi connectivity index (χ0v) is 16.7. The van der Waals surface area contributed by atoms with Crippen LogP contribution < -0.4 is 10.1 Å². The smallest absolute Gasteiger partial charge is 0.308 e. The molecular formula is C24H27NO4. The van der Waals surface area contributed by atoms with E-state index in [1.165, 1.54) is 11.1 Å². The third-order valence-electron chi connectivity index (χ3n) is 6.37. The number of aliphatic carboxylic acids is 1. The van der Waals surface area contributed by atoms with E-state index in [1.54, 1.807) is 0 Å². The summed E-state index contributed by atoms with van der Waals surface area (Å²) in [4.78, 5) is 24.5. The van der Waals surface area contributed by atoms with Crippen molar-refractivity contribution in [2.75, 3.05) is 13.2 Å². The van der Waals surface area contributed by atoms with Gasteiger partial charge in [-0.05, 0) is 61.4 Å². The monoisotopic (exact) mass is 393 g/mol. The van der Waals surface area contributed by atoms with Crippen LogP contribution in [0.15, 0.2) is 48.5 Å². The van der Waals surface area contributed by atoms with Crippen molar-refractivity contribution in [1.82, 2.24) is 5.32 Å². The van der Waals surface area contributed by atoms with E-state index in [1.807, 2.05) is 43.3 Å². The summed E-state index contributed by atoms with van der Waals surface area (Å²) in [5.41, 5.74) is 3.56. The van der Waals surface area contributed by atoms with Gasteiger partial charge in [-0.15, -0.1) is 0 Å². The maximum Gasteiger partial charge on any atom is 0.308 e. The molecule has 2 N–H and O–H groups in total. The summed E-state index contributed by atoms with van der Waals surface area (Å²) >= 11 is 0. The molecule has 2 aliphatic rings. The standard InChI is InChI=1S/C24H27NO4/c1-2-29-19-9-7-16(8-10-19)13-18(23(27)28)15-25-22(26)21-14-24(21)12-11-17-5-3-4-6-20(17)24/h3-10,18,21H,2,11-15H2,1H3,(H,25,26)(H,27,28). The Balaban J connectivity index is 1.34. The van der Waals surface area contributed by atoms with Crippen molar-refractivity contribution < 1.29 is 19.4 Å². The predicted octanol–water partition coefficient (Wildman–Crippen LogP) is 3.35. The fourth-order valence-electron chi connectivity index (χ4n) is 4.71. The number of ether oxygens (including phenoxy) is 1. The molecule has 3 atom stereocenters. The van der Waals surface area contributed by atoms with Crippen molar-refractivity contribution in [1.29, 1.82) is 0 Å². The first-order valence-electron chi connectivity index (χ1n) is 10.3. The molecular weight excluding hydrogens is 366 g/mol. The molecule has 0 aromatic heterocycles. The molecule has 5 nitrogen and oxygen atoms in total. The van der Waals surface area contributed by atoms with Gasteiger partial charge in [-0.1, -0.05) is 36.4 Å². The molecule has 29 heavy (non-hydrogen) atoms.